The number of nitro groups is 2. The fourth-order valence-electron chi connectivity index (χ4n) is 2.17. The Morgan fingerprint density at radius 2 is 2.00 bits per heavy atom. The van der Waals surface area contributed by atoms with Crippen molar-refractivity contribution in [3.8, 4) is 0 Å². The van der Waals surface area contributed by atoms with Crippen LogP contribution < -0.4 is 11.0 Å². The molecule has 1 aromatic heterocycles. The maximum absolute atomic E-state index is 12.0. The molecule has 0 aliphatic heterocycles. The number of aromatic amines is 2. The van der Waals surface area contributed by atoms with Crippen LogP contribution >= 0.6 is 12.2 Å². The molecule has 0 bridgehead atoms. The molecule has 0 fully saturated rings. The molecule has 0 radical (unpaired) electrons. The molecular weight excluding hydrogens is 364 g/mol. The molecule has 0 spiro atoms. The number of hydrazone groups is 1. The molecule has 1 heterocycles. The van der Waals surface area contributed by atoms with Crippen LogP contribution in [0.4, 0.5) is 17.1 Å². The molecule has 0 saturated heterocycles. The summed E-state index contributed by atoms with van der Waals surface area (Å²) in [5.41, 5.74) is 1.84. The van der Waals surface area contributed by atoms with Gasteiger partial charge in [-0.25, -0.2) is 0 Å². The lowest BCUT2D eigenvalue weighted by molar-refractivity contribution is -0.393. The van der Waals surface area contributed by atoms with Crippen molar-refractivity contribution in [1.82, 2.24) is 9.97 Å². The molecule has 12 heteroatoms. The van der Waals surface area contributed by atoms with Crippen LogP contribution in [0.5, 0.6) is 0 Å². The molecule has 0 saturated carbocycles. The van der Waals surface area contributed by atoms with E-state index in [0.29, 0.717) is 12.1 Å². The first-order valence-electron chi connectivity index (χ1n) is 7.40. The largest absolute Gasteiger partial charge is 0.335 e. The number of aromatic nitrogens is 2. The topological polar surface area (TPSA) is 159 Å². The van der Waals surface area contributed by atoms with Gasteiger partial charge in [-0.2, -0.15) is 5.10 Å². The van der Waals surface area contributed by atoms with Gasteiger partial charge in [-0.1, -0.05) is 13.3 Å². The molecule has 0 aliphatic rings. The molecule has 3 N–H and O–H groups in total. The van der Waals surface area contributed by atoms with Crippen LogP contribution in [-0.2, 0) is 6.42 Å². The van der Waals surface area contributed by atoms with Crippen molar-refractivity contribution in [2.75, 3.05) is 5.43 Å². The van der Waals surface area contributed by atoms with Gasteiger partial charge in [-0.15, -0.1) is 0 Å². The summed E-state index contributed by atoms with van der Waals surface area (Å²) < 4.78 is 0.189. The van der Waals surface area contributed by atoms with E-state index in [2.05, 4.69) is 20.5 Å². The Morgan fingerprint density at radius 1 is 1.27 bits per heavy atom. The Kier molecular flexibility index (Phi) is 5.90. The monoisotopic (exact) mass is 378 g/mol. The standard InChI is InChI=1S/C14H14N6O5S/c1-2-3-10-9(13(21)17-14(26)16-10)7-15-18-11-5-4-8(19(22)23)6-12(11)20(24)25/h4-7,18H,2-3H2,1H3,(H2,16,17,21,26)/b15-7-. The minimum Gasteiger partial charge on any atom is -0.335 e. The van der Waals surface area contributed by atoms with Crippen molar-refractivity contribution in [1.29, 1.82) is 0 Å². The third-order valence-corrected chi connectivity index (χ3v) is 3.53. The van der Waals surface area contributed by atoms with Crippen molar-refractivity contribution in [3.63, 3.8) is 0 Å². The lowest BCUT2D eigenvalue weighted by atomic mass is 10.1. The number of rotatable bonds is 7. The Hall–Kier alpha value is -3.41. The molecule has 2 rings (SSSR count). The van der Waals surface area contributed by atoms with Crippen LogP contribution in [0.1, 0.15) is 24.6 Å². The number of hydrogen-bond acceptors (Lipinski definition) is 8. The third kappa shape index (κ3) is 4.36. The fraction of sp³-hybridized carbons (Fsp3) is 0.214. The number of hydrogen-bond donors (Lipinski definition) is 3. The zero-order chi connectivity index (χ0) is 19.3. The lowest BCUT2D eigenvalue weighted by Crippen LogP contribution is -2.18. The van der Waals surface area contributed by atoms with Gasteiger partial charge < -0.3 is 4.98 Å². The van der Waals surface area contributed by atoms with Gasteiger partial charge in [0.05, 0.1) is 27.7 Å². The Labute approximate surface area is 151 Å². The number of H-pyrrole nitrogens is 2. The zero-order valence-electron chi connectivity index (χ0n) is 13.5. The molecule has 136 valence electrons. The summed E-state index contributed by atoms with van der Waals surface area (Å²) in [4.78, 5) is 37.7. The van der Waals surface area contributed by atoms with E-state index in [1.165, 1.54) is 12.3 Å². The highest BCUT2D eigenvalue weighted by Gasteiger charge is 2.19. The summed E-state index contributed by atoms with van der Waals surface area (Å²) in [6.07, 6.45) is 2.53. The van der Waals surface area contributed by atoms with E-state index in [4.69, 9.17) is 12.2 Å². The fourth-order valence-corrected chi connectivity index (χ4v) is 2.39. The van der Waals surface area contributed by atoms with Crippen molar-refractivity contribution in [3.05, 3.63) is 64.8 Å². The van der Waals surface area contributed by atoms with Gasteiger partial charge in [-0.3, -0.25) is 35.4 Å². The van der Waals surface area contributed by atoms with E-state index in [1.807, 2.05) is 6.92 Å². The van der Waals surface area contributed by atoms with Crippen LogP contribution in [-0.4, -0.2) is 26.0 Å². The van der Waals surface area contributed by atoms with E-state index in [0.717, 1.165) is 18.6 Å². The number of benzene rings is 1. The van der Waals surface area contributed by atoms with Gasteiger partial charge in [0.2, 0.25) is 0 Å². The van der Waals surface area contributed by atoms with Crippen molar-refractivity contribution in [2.24, 2.45) is 5.10 Å². The van der Waals surface area contributed by atoms with Gasteiger partial charge in [0, 0.05) is 11.8 Å². The third-order valence-electron chi connectivity index (χ3n) is 3.33. The van der Waals surface area contributed by atoms with Gasteiger partial charge in [0.15, 0.2) is 4.77 Å². The van der Waals surface area contributed by atoms with E-state index in [1.54, 1.807) is 0 Å². The second kappa shape index (κ2) is 8.11. The predicted octanol–water partition coefficient (Wildman–Crippen LogP) is 2.65. The highest BCUT2D eigenvalue weighted by molar-refractivity contribution is 7.71. The molecule has 0 unspecified atom stereocenters. The Bertz CT molecular complexity index is 996. The van der Waals surface area contributed by atoms with Crippen LogP contribution in [0.15, 0.2) is 28.1 Å². The highest BCUT2D eigenvalue weighted by Crippen LogP contribution is 2.28. The molecule has 1 aromatic carbocycles. The van der Waals surface area contributed by atoms with Gasteiger partial charge >= 0.3 is 5.69 Å². The first kappa shape index (κ1) is 18.9. The quantitative estimate of drug-likeness (QED) is 0.289. The van der Waals surface area contributed by atoms with Gasteiger partial charge in [-0.05, 0) is 24.7 Å². The molecule has 0 amide bonds. The molecule has 2 aromatic rings. The van der Waals surface area contributed by atoms with Crippen molar-refractivity contribution >= 4 is 35.5 Å². The number of nitrogens with zero attached hydrogens (tertiary/aromatic N) is 3. The van der Waals surface area contributed by atoms with Crippen LogP contribution in [0.2, 0.25) is 0 Å². The molecule has 26 heavy (non-hydrogen) atoms. The first-order chi connectivity index (χ1) is 12.3. The molecule has 11 nitrogen and oxygen atoms in total. The van der Waals surface area contributed by atoms with Gasteiger partial charge in [0.25, 0.3) is 11.2 Å². The Balaban J connectivity index is 2.35. The lowest BCUT2D eigenvalue weighted by Gasteiger charge is -2.04. The van der Waals surface area contributed by atoms with Crippen LogP contribution in [0.25, 0.3) is 0 Å². The summed E-state index contributed by atoms with van der Waals surface area (Å²) >= 11 is 4.93. The van der Waals surface area contributed by atoms with Crippen molar-refractivity contribution in [2.45, 2.75) is 19.8 Å². The first-order valence-corrected chi connectivity index (χ1v) is 7.81. The minimum atomic E-state index is -0.764. The van der Waals surface area contributed by atoms with Crippen LogP contribution in [0, 0.1) is 25.0 Å². The van der Waals surface area contributed by atoms with E-state index >= 15 is 0 Å². The summed E-state index contributed by atoms with van der Waals surface area (Å²) in [5.74, 6) is 0. The molecule has 0 aliphatic carbocycles. The number of aryl methyl sites for hydroxylation is 1. The predicted molar refractivity (Wildman–Crippen MR) is 97.2 cm³/mol. The highest BCUT2D eigenvalue weighted by atomic mass is 32.1. The van der Waals surface area contributed by atoms with Gasteiger partial charge in [0.1, 0.15) is 5.69 Å². The normalized spacial score (nSPS) is 10.8. The summed E-state index contributed by atoms with van der Waals surface area (Å²) in [6.45, 7) is 1.93. The second-order valence-electron chi connectivity index (χ2n) is 5.14. The number of anilines is 1. The van der Waals surface area contributed by atoms with E-state index in [-0.39, 0.29) is 16.0 Å². The summed E-state index contributed by atoms with van der Waals surface area (Å²) in [5, 5.41) is 25.7. The smallest absolute Gasteiger partial charge is 0.301 e. The number of nitro benzene ring substituents is 2. The van der Waals surface area contributed by atoms with E-state index < -0.39 is 26.8 Å². The maximum Gasteiger partial charge on any atom is 0.301 e. The van der Waals surface area contributed by atoms with Crippen molar-refractivity contribution < 1.29 is 9.85 Å². The zero-order valence-corrected chi connectivity index (χ0v) is 14.3. The number of nitrogens with one attached hydrogen (secondary N) is 3. The molecule has 0 atom stereocenters. The SMILES string of the molecule is CCCc1[nH]c(=S)[nH]c(=O)c1/C=N\Nc1ccc([N+](=O)[O-])cc1[N+](=O)[O-]. The number of non-ortho nitro benzene ring substituents is 1. The Morgan fingerprint density at radius 3 is 2.62 bits per heavy atom. The minimum absolute atomic E-state index is 0.0470. The second-order valence-corrected chi connectivity index (χ2v) is 5.54. The summed E-state index contributed by atoms with van der Waals surface area (Å²) in [7, 11) is 0. The summed E-state index contributed by atoms with van der Waals surface area (Å²) in [6, 6.07) is 3.11. The maximum atomic E-state index is 12.0. The van der Waals surface area contributed by atoms with E-state index in [9.17, 15) is 25.0 Å². The average molecular weight is 378 g/mol. The molecular formula is C14H14N6O5S. The average Bonchev–Trinajstić information content (AvgIpc) is 2.57. The van der Waals surface area contributed by atoms with Crippen LogP contribution in [0.3, 0.4) is 0 Å².